The third-order valence-electron chi connectivity index (χ3n) is 3.77. The SMILES string of the molecule is O=C(CCCC(CO[N+](=O)[O-])O[N+](=O)[O-])O[C@@H]1CO[C@@H]2[C@H]1OC[C@@H]2O. The summed E-state index contributed by atoms with van der Waals surface area (Å²) < 4.78 is 15.9. The van der Waals surface area contributed by atoms with Crippen LogP contribution in [-0.4, -0.2) is 71.6 Å². The Balaban J connectivity index is 1.69. The van der Waals surface area contributed by atoms with Crippen molar-refractivity contribution in [2.75, 3.05) is 19.8 Å². The van der Waals surface area contributed by atoms with Crippen LogP contribution in [0.3, 0.4) is 0 Å². The Kier molecular flexibility index (Phi) is 6.66. The molecule has 2 aliphatic rings. The van der Waals surface area contributed by atoms with Gasteiger partial charge in [-0.2, -0.15) is 0 Å². The summed E-state index contributed by atoms with van der Waals surface area (Å²) >= 11 is 0. The third-order valence-corrected chi connectivity index (χ3v) is 3.77. The second-order valence-corrected chi connectivity index (χ2v) is 5.55. The van der Waals surface area contributed by atoms with Gasteiger partial charge in [0.2, 0.25) is 0 Å². The molecule has 2 aliphatic heterocycles. The molecule has 5 atom stereocenters. The van der Waals surface area contributed by atoms with Crippen molar-refractivity contribution in [3.05, 3.63) is 20.2 Å². The largest absolute Gasteiger partial charge is 0.457 e. The molecule has 1 N–H and O–H groups in total. The minimum Gasteiger partial charge on any atom is -0.457 e. The van der Waals surface area contributed by atoms with Crippen LogP contribution in [0, 0.1) is 20.2 Å². The molecule has 2 rings (SSSR count). The van der Waals surface area contributed by atoms with Gasteiger partial charge in [0.1, 0.15) is 31.0 Å². The average Bonchev–Trinajstić information content (AvgIpc) is 3.08. The number of hydrogen-bond acceptors (Lipinski definition) is 11. The van der Waals surface area contributed by atoms with Gasteiger partial charge < -0.3 is 29.0 Å². The predicted octanol–water partition coefficient (Wildman–Crippen LogP) is -0.988. The van der Waals surface area contributed by atoms with Crippen LogP contribution >= 0.6 is 0 Å². The molecule has 142 valence electrons. The summed E-state index contributed by atoms with van der Waals surface area (Å²) in [7, 11) is 0. The van der Waals surface area contributed by atoms with Crippen LogP contribution in [0.1, 0.15) is 19.3 Å². The molecule has 0 bridgehead atoms. The fraction of sp³-hybridized carbons (Fsp3) is 0.917. The van der Waals surface area contributed by atoms with Crippen LogP contribution < -0.4 is 0 Å². The normalized spacial score (nSPS) is 28.8. The van der Waals surface area contributed by atoms with Crippen molar-refractivity contribution in [1.82, 2.24) is 0 Å². The quantitative estimate of drug-likeness (QED) is 0.286. The van der Waals surface area contributed by atoms with Gasteiger partial charge >= 0.3 is 5.97 Å². The summed E-state index contributed by atoms with van der Waals surface area (Å²) in [6, 6.07) is 0. The molecule has 2 heterocycles. The molecule has 0 spiro atoms. The third kappa shape index (κ3) is 5.65. The van der Waals surface area contributed by atoms with Crippen molar-refractivity contribution in [2.24, 2.45) is 0 Å². The molecule has 13 nitrogen and oxygen atoms in total. The second-order valence-electron chi connectivity index (χ2n) is 5.55. The number of hydrogen-bond donors (Lipinski definition) is 1. The number of esters is 1. The zero-order chi connectivity index (χ0) is 18.4. The molecule has 0 aromatic heterocycles. The van der Waals surface area contributed by atoms with E-state index in [-0.39, 0.29) is 32.5 Å². The number of ether oxygens (including phenoxy) is 3. The van der Waals surface area contributed by atoms with E-state index < -0.39 is 53.3 Å². The van der Waals surface area contributed by atoms with Gasteiger partial charge in [-0.3, -0.25) is 4.79 Å². The molecule has 0 saturated carbocycles. The lowest BCUT2D eigenvalue weighted by Gasteiger charge is -2.17. The Morgan fingerprint density at radius 1 is 1.20 bits per heavy atom. The van der Waals surface area contributed by atoms with Crippen LogP contribution in [-0.2, 0) is 28.7 Å². The lowest BCUT2D eigenvalue weighted by Crippen LogP contribution is -2.34. The molecular weight excluding hydrogens is 348 g/mol. The first-order valence-electron chi connectivity index (χ1n) is 7.56. The number of fused-ring (bicyclic) bond motifs is 1. The molecule has 25 heavy (non-hydrogen) atoms. The first kappa shape index (κ1) is 19.1. The van der Waals surface area contributed by atoms with Crippen LogP contribution in [0.15, 0.2) is 0 Å². The van der Waals surface area contributed by atoms with Crippen molar-refractivity contribution in [1.29, 1.82) is 0 Å². The Morgan fingerprint density at radius 3 is 2.60 bits per heavy atom. The van der Waals surface area contributed by atoms with Gasteiger partial charge in [0.05, 0.1) is 13.2 Å². The highest BCUT2D eigenvalue weighted by molar-refractivity contribution is 5.69. The molecule has 2 saturated heterocycles. The lowest BCUT2D eigenvalue weighted by atomic mass is 10.1. The number of carbonyl (C=O) groups is 1. The summed E-state index contributed by atoms with van der Waals surface area (Å²) in [4.78, 5) is 40.6. The standard InChI is InChI=1S/C12H18N2O11/c15-8-5-21-12-9(6-22-11(8)12)24-10(16)3-1-2-7(25-14(19)20)4-23-13(17)18/h7-9,11-12,15H,1-6H2/t7?,8-,9+,11-,12-/m0/s1. The molecule has 0 amide bonds. The van der Waals surface area contributed by atoms with Crippen LogP contribution in [0.4, 0.5) is 0 Å². The van der Waals surface area contributed by atoms with E-state index >= 15 is 0 Å². The van der Waals surface area contributed by atoms with Gasteiger partial charge in [-0.25, -0.2) is 0 Å². The predicted molar refractivity (Wildman–Crippen MR) is 74.0 cm³/mol. The van der Waals surface area contributed by atoms with Crippen molar-refractivity contribution in [2.45, 2.75) is 49.8 Å². The lowest BCUT2D eigenvalue weighted by molar-refractivity contribution is -0.790. The zero-order valence-corrected chi connectivity index (χ0v) is 13.1. The topological polar surface area (TPSA) is 170 Å². The van der Waals surface area contributed by atoms with E-state index in [9.17, 15) is 30.1 Å². The molecule has 0 aromatic carbocycles. The molecule has 13 heteroatoms. The maximum Gasteiger partial charge on any atom is 0.306 e. The van der Waals surface area contributed by atoms with E-state index in [2.05, 4.69) is 9.68 Å². The smallest absolute Gasteiger partial charge is 0.306 e. The number of rotatable bonds is 10. The van der Waals surface area contributed by atoms with E-state index in [4.69, 9.17) is 14.2 Å². The fourth-order valence-corrected chi connectivity index (χ4v) is 2.68. The Morgan fingerprint density at radius 2 is 1.92 bits per heavy atom. The Hall–Kier alpha value is -2.25. The highest BCUT2D eigenvalue weighted by Crippen LogP contribution is 2.29. The van der Waals surface area contributed by atoms with Crippen molar-refractivity contribution < 1.29 is 44.0 Å². The van der Waals surface area contributed by atoms with Gasteiger partial charge in [-0.15, -0.1) is 20.2 Å². The molecule has 0 radical (unpaired) electrons. The molecule has 2 fully saturated rings. The highest BCUT2D eigenvalue weighted by Gasteiger charge is 2.48. The maximum absolute atomic E-state index is 11.8. The minimum atomic E-state index is -1.17. The highest BCUT2D eigenvalue weighted by atomic mass is 17.0. The second kappa shape index (κ2) is 8.73. The zero-order valence-electron chi connectivity index (χ0n) is 13.1. The Bertz CT molecular complexity index is 501. The van der Waals surface area contributed by atoms with E-state index in [1.54, 1.807) is 0 Å². The van der Waals surface area contributed by atoms with E-state index in [0.29, 0.717) is 0 Å². The van der Waals surface area contributed by atoms with Crippen molar-refractivity contribution >= 4 is 5.97 Å². The molecule has 0 aromatic rings. The fourth-order valence-electron chi connectivity index (χ4n) is 2.68. The summed E-state index contributed by atoms with van der Waals surface area (Å²) in [5, 5.41) is 27.9. The minimum absolute atomic E-state index is 0.00759. The molecule has 0 aliphatic carbocycles. The number of carbonyl (C=O) groups excluding carboxylic acids is 1. The van der Waals surface area contributed by atoms with Crippen LogP contribution in [0.25, 0.3) is 0 Å². The van der Waals surface area contributed by atoms with Gasteiger partial charge in [0.15, 0.2) is 6.10 Å². The summed E-state index contributed by atoms with van der Waals surface area (Å²) in [6.45, 7) is -0.392. The van der Waals surface area contributed by atoms with Crippen LogP contribution in [0.2, 0.25) is 0 Å². The summed E-state index contributed by atoms with van der Waals surface area (Å²) in [5.41, 5.74) is 0. The van der Waals surface area contributed by atoms with E-state index in [1.807, 2.05) is 0 Å². The summed E-state index contributed by atoms with van der Waals surface area (Å²) in [6.07, 6.45) is -3.52. The van der Waals surface area contributed by atoms with E-state index in [1.165, 1.54) is 0 Å². The number of nitrogens with zero attached hydrogens (tertiary/aromatic N) is 2. The number of aliphatic hydroxyl groups is 1. The number of aliphatic hydroxyl groups excluding tert-OH is 1. The van der Waals surface area contributed by atoms with Gasteiger partial charge in [-0.05, 0) is 12.8 Å². The maximum atomic E-state index is 11.8. The van der Waals surface area contributed by atoms with Gasteiger partial charge in [0.25, 0.3) is 10.2 Å². The summed E-state index contributed by atoms with van der Waals surface area (Å²) in [5.74, 6) is -0.575. The average molecular weight is 366 g/mol. The molecular formula is C12H18N2O11. The first-order chi connectivity index (χ1) is 11.9. The monoisotopic (exact) mass is 366 g/mol. The van der Waals surface area contributed by atoms with E-state index in [0.717, 1.165) is 0 Å². The van der Waals surface area contributed by atoms with Gasteiger partial charge in [-0.1, -0.05) is 0 Å². The van der Waals surface area contributed by atoms with Crippen molar-refractivity contribution in [3.8, 4) is 0 Å². The molecule has 1 unspecified atom stereocenters. The Labute approximate surface area is 140 Å². The van der Waals surface area contributed by atoms with Crippen molar-refractivity contribution in [3.63, 3.8) is 0 Å². The van der Waals surface area contributed by atoms with Crippen LogP contribution in [0.5, 0.6) is 0 Å². The first-order valence-corrected chi connectivity index (χ1v) is 7.56. The van der Waals surface area contributed by atoms with Gasteiger partial charge in [0, 0.05) is 6.42 Å².